The molecule has 0 amide bonds. The van der Waals surface area contributed by atoms with Gasteiger partial charge in [-0.25, -0.2) is 0 Å². The molecule has 0 spiro atoms. The largest absolute Gasteiger partial charge is 0.480 e. The number of hydrogen-bond acceptors (Lipinski definition) is 3. The number of carboxylic acids is 1. The summed E-state index contributed by atoms with van der Waals surface area (Å²) >= 11 is 0. The van der Waals surface area contributed by atoms with Crippen LogP contribution >= 0.6 is 0 Å². The molecule has 1 heterocycles. The summed E-state index contributed by atoms with van der Waals surface area (Å²) in [6.07, 6.45) is 3.20. The van der Waals surface area contributed by atoms with Crippen LogP contribution in [-0.4, -0.2) is 26.9 Å². The van der Waals surface area contributed by atoms with Gasteiger partial charge in [-0.3, -0.25) is 14.8 Å². The number of carbonyl (C=O) groups is 1. The number of nitrogens with one attached hydrogen (secondary N) is 1. The average molecular weight is 211 g/mol. The van der Waals surface area contributed by atoms with Crippen LogP contribution in [0.15, 0.2) is 12.3 Å². The number of hydrogen-bond donors (Lipinski definition) is 2. The molecule has 0 aliphatic heterocycles. The van der Waals surface area contributed by atoms with Gasteiger partial charge in [0.2, 0.25) is 0 Å². The first-order valence-electron chi connectivity index (χ1n) is 5.08. The smallest absolute Gasteiger partial charge is 0.320 e. The van der Waals surface area contributed by atoms with Crippen molar-refractivity contribution in [2.75, 3.05) is 0 Å². The van der Waals surface area contributed by atoms with Crippen molar-refractivity contribution in [1.82, 2.24) is 15.1 Å². The summed E-state index contributed by atoms with van der Waals surface area (Å²) < 4.78 is 1.73. The maximum Gasteiger partial charge on any atom is 0.320 e. The second-order valence-corrected chi connectivity index (χ2v) is 3.51. The third kappa shape index (κ3) is 3.36. The fourth-order valence-corrected chi connectivity index (χ4v) is 1.40. The molecule has 0 aromatic carbocycles. The molecule has 0 saturated heterocycles. The minimum absolute atomic E-state index is 0.468. The number of rotatable bonds is 6. The van der Waals surface area contributed by atoms with E-state index in [2.05, 4.69) is 10.4 Å². The lowest BCUT2D eigenvalue weighted by Gasteiger charge is -2.13. The Morgan fingerprint density at radius 2 is 2.47 bits per heavy atom. The van der Waals surface area contributed by atoms with Gasteiger partial charge in [0.05, 0.1) is 5.69 Å². The van der Waals surface area contributed by atoms with Gasteiger partial charge in [-0.1, -0.05) is 13.3 Å². The first kappa shape index (κ1) is 11.7. The molecule has 84 valence electrons. The Kier molecular flexibility index (Phi) is 4.30. The zero-order valence-electron chi connectivity index (χ0n) is 9.10. The van der Waals surface area contributed by atoms with Crippen molar-refractivity contribution >= 4 is 5.97 Å². The molecule has 15 heavy (non-hydrogen) atoms. The van der Waals surface area contributed by atoms with Crippen molar-refractivity contribution in [3.8, 4) is 0 Å². The van der Waals surface area contributed by atoms with Crippen LogP contribution in [0.3, 0.4) is 0 Å². The van der Waals surface area contributed by atoms with Crippen molar-refractivity contribution < 1.29 is 9.90 Å². The van der Waals surface area contributed by atoms with E-state index in [1.165, 1.54) is 0 Å². The summed E-state index contributed by atoms with van der Waals surface area (Å²) in [7, 11) is 1.84. The lowest BCUT2D eigenvalue weighted by Crippen LogP contribution is -2.36. The molecule has 2 N–H and O–H groups in total. The molecule has 0 bridgehead atoms. The van der Waals surface area contributed by atoms with Gasteiger partial charge in [0.15, 0.2) is 0 Å². The summed E-state index contributed by atoms with van der Waals surface area (Å²) in [5.41, 5.74) is 0.984. The molecule has 0 fully saturated rings. The molecule has 0 aliphatic rings. The van der Waals surface area contributed by atoms with Crippen molar-refractivity contribution in [2.24, 2.45) is 7.05 Å². The number of aliphatic carboxylic acids is 1. The van der Waals surface area contributed by atoms with E-state index in [0.717, 1.165) is 12.1 Å². The van der Waals surface area contributed by atoms with Gasteiger partial charge < -0.3 is 5.11 Å². The predicted octanol–water partition coefficient (Wildman–Crippen LogP) is 0.763. The molecular formula is C10H17N3O2. The van der Waals surface area contributed by atoms with Crippen LogP contribution in [0.2, 0.25) is 0 Å². The van der Waals surface area contributed by atoms with Gasteiger partial charge in [-0.15, -0.1) is 0 Å². The van der Waals surface area contributed by atoms with Crippen LogP contribution in [-0.2, 0) is 18.4 Å². The second-order valence-electron chi connectivity index (χ2n) is 3.51. The quantitative estimate of drug-likeness (QED) is 0.729. The van der Waals surface area contributed by atoms with Gasteiger partial charge in [-0.05, 0) is 12.5 Å². The third-order valence-electron chi connectivity index (χ3n) is 2.33. The van der Waals surface area contributed by atoms with E-state index < -0.39 is 12.0 Å². The van der Waals surface area contributed by atoms with Gasteiger partial charge >= 0.3 is 5.97 Å². The zero-order valence-corrected chi connectivity index (χ0v) is 9.10. The van der Waals surface area contributed by atoms with Crippen LogP contribution in [0.25, 0.3) is 0 Å². The zero-order chi connectivity index (χ0) is 11.3. The number of aryl methyl sites for hydroxylation is 1. The molecule has 0 aliphatic carbocycles. The monoisotopic (exact) mass is 211 g/mol. The standard InChI is InChI=1S/C10H17N3O2/c1-3-4-9(10(14)15)11-7-8-5-6-12-13(8)2/h5-6,9,11H,3-4,7H2,1-2H3,(H,14,15). The predicted molar refractivity (Wildman–Crippen MR) is 56.4 cm³/mol. The highest BCUT2D eigenvalue weighted by Crippen LogP contribution is 2.00. The van der Waals surface area contributed by atoms with Crippen molar-refractivity contribution in [3.63, 3.8) is 0 Å². The third-order valence-corrected chi connectivity index (χ3v) is 2.33. The maximum atomic E-state index is 10.8. The molecule has 0 saturated carbocycles. The Morgan fingerprint density at radius 1 is 1.73 bits per heavy atom. The summed E-state index contributed by atoms with van der Waals surface area (Å²) in [6.45, 7) is 2.51. The summed E-state index contributed by atoms with van der Waals surface area (Å²) in [5.74, 6) is -0.793. The lowest BCUT2D eigenvalue weighted by molar-refractivity contribution is -0.139. The van der Waals surface area contributed by atoms with E-state index in [9.17, 15) is 4.79 Å². The van der Waals surface area contributed by atoms with Gasteiger partial charge in [-0.2, -0.15) is 5.10 Å². The van der Waals surface area contributed by atoms with E-state index >= 15 is 0 Å². The van der Waals surface area contributed by atoms with E-state index in [0.29, 0.717) is 13.0 Å². The second kappa shape index (κ2) is 5.50. The molecule has 1 rings (SSSR count). The van der Waals surface area contributed by atoms with Crippen molar-refractivity contribution in [3.05, 3.63) is 18.0 Å². The molecule has 0 radical (unpaired) electrons. The van der Waals surface area contributed by atoms with E-state index in [4.69, 9.17) is 5.11 Å². The Labute approximate surface area is 89.1 Å². The molecule has 5 nitrogen and oxygen atoms in total. The van der Waals surface area contributed by atoms with Crippen LogP contribution in [0.1, 0.15) is 25.5 Å². The molecular weight excluding hydrogens is 194 g/mol. The van der Waals surface area contributed by atoms with Gasteiger partial charge in [0.1, 0.15) is 6.04 Å². The maximum absolute atomic E-state index is 10.8. The fraction of sp³-hybridized carbons (Fsp3) is 0.600. The Hall–Kier alpha value is -1.36. The molecule has 1 aromatic heterocycles. The summed E-state index contributed by atoms with van der Waals surface area (Å²) in [4.78, 5) is 10.8. The van der Waals surface area contributed by atoms with Gasteiger partial charge in [0, 0.05) is 19.8 Å². The topological polar surface area (TPSA) is 67.2 Å². The number of aromatic nitrogens is 2. The number of nitrogens with zero attached hydrogens (tertiary/aromatic N) is 2. The molecule has 1 aromatic rings. The van der Waals surface area contributed by atoms with E-state index in [1.54, 1.807) is 10.9 Å². The van der Waals surface area contributed by atoms with Crippen LogP contribution in [0.5, 0.6) is 0 Å². The molecule has 5 heteroatoms. The van der Waals surface area contributed by atoms with Crippen LogP contribution in [0.4, 0.5) is 0 Å². The van der Waals surface area contributed by atoms with Gasteiger partial charge in [0.25, 0.3) is 0 Å². The fourth-order valence-electron chi connectivity index (χ4n) is 1.40. The first-order valence-corrected chi connectivity index (χ1v) is 5.08. The van der Waals surface area contributed by atoms with E-state index in [-0.39, 0.29) is 0 Å². The average Bonchev–Trinajstić information content (AvgIpc) is 2.58. The summed E-state index contributed by atoms with van der Waals surface area (Å²) in [5, 5.41) is 15.9. The van der Waals surface area contributed by atoms with Crippen molar-refractivity contribution in [1.29, 1.82) is 0 Å². The molecule has 1 unspecified atom stereocenters. The minimum Gasteiger partial charge on any atom is -0.480 e. The minimum atomic E-state index is -0.793. The highest BCUT2D eigenvalue weighted by atomic mass is 16.4. The Bertz CT molecular complexity index is 322. The van der Waals surface area contributed by atoms with E-state index in [1.807, 2.05) is 20.0 Å². The van der Waals surface area contributed by atoms with Crippen molar-refractivity contribution in [2.45, 2.75) is 32.4 Å². The van der Waals surface area contributed by atoms with Crippen LogP contribution in [0, 0.1) is 0 Å². The Morgan fingerprint density at radius 3 is 2.93 bits per heavy atom. The highest BCUT2D eigenvalue weighted by molar-refractivity contribution is 5.73. The Balaban J connectivity index is 2.47. The SMILES string of the molecule is CCCC(NCc1ccnn1C)C(=O)O. The first-order chi connectivity index (χ1) is 7.15. The summed E-state index contributed by atoms with van der Waals surface area (Å²) in [6, 6.07) is 1.41. The normalized spacial score (nSPS) is 12.7. The molecule has 1 atom stereocenters. The number of carboxylic acid groups (broad SMARTS) is 1. The lowest BCUT2D eigenvalue weighted by atomic mass is 10.1. The highest BCUT2D eigenvalue weighted by Gasteiger charge is 2.15. The van der Waals surface area contributed by atoms with Crippen LogP contribution < -0.4 is 5.32 Å².